The molecular weight excluding hydrogens is 390 g/mol. The minimum Gasteiger partial charge on any atom is -0.471 e. The third-order valence-corrected chi connectivity index (χ3v) is 5.94. The normalized spacial score (nSPS) is 20.8. The Hall–Kier alpha value is -2.62. The second-order valence-corrected chi connectivity index (χ2v) is 7.87. The average molecular weight is 412 g/mol. The summed E-state index contributed by atoms with van der Waals surface area (Å²) >= 11 is 6.30. The molecule has 0 N–H and O–H groups in total. The zero-order chi connectivity index (χ0) is 20.3. The monoisotopic (exact) mass is 411 g/mol. The van der Waals surface area contributed by atoms with Gasteiger partial charge in [-0.15, -0.1) is 0 Å². The number of aromatic nitrogens is 1. The van der Waals surface area contributed by atoms with Crippen LogP contribution in [-0.2, 0) is 10.2 Å². The Labute approximate surface area is 175 Å². The highest BCUT2D eigenvalue weighted by Crippen LogP contribution is 2.35. The Balaban J connectivity index is 1.43. The minimum absolute atomic E-state index is 0.0549. The molecule has 3 heterocycles. The van der Waals surface area contributed by atoms with Gasteiger partial charge in [0.05, 0.1) is 30.3 Å². The average Bonchev–Trinajstić information content (AvgIpc) is 3.28. The van der Waals surface area contributed by atoms with Crippen molar-refractivity contribution in [2.24, 2.45) is 0 Å². The molecule has 0 unspecified atom stereocenters. The molecule has 0 radical (unpaired) electrons. The number of carbonyl (C=O) groups excluding carboxylic acids is 1. The smallest absolute Gasteiger partial charge is 0.255 e. The van der Waals surface area contributed by atoms with Crippen molar-refractivity contribution in [1.82, 2.24) is 9.88 Å². The van der Waals surface area contributed by atoms with Crippen molar-refractivity contribution in [3.05, 3.63) is 58.7 Å². The molecular formula is C22H22ClN3O3. The van der Waals surface area contributed by atoms with Crippen LogP contribution in [0.2, 0.25) is 5.02 Å². The van der Waals surface area contributed by atoms with Gasteiger partial charge in [-0.1, -0.05) is 41.9 Å². The van der Waals surface area contributed by atoms with E-state index in [9.17, 15) is 10.1 Å². The first-order valence-corrected chi connectivity index (χ1v) is 10.2. The third-order valence-electron chi connectivity index (χ3n) is 5.67. The summed E-state index contributed by atoms with van der Waals surface area (Å²) in [6, 6.07) is 13.9. The molecule has 0 aliphatic carbocycles. The first-order chi connectivity index (χ1) is 14.1. The van der Waals surface area contributed by atoms with Crippen LogP contribution in [0.5, 0.6) is 5.88 Å². The van der Waals surface area contributed by atoms with Gasteiger partial charge in [-0.2, -0.15) is 5.26 Å². The number of amides is 1. The minimum atomic E-state index is -0.547. The van der Waals surface area contributed by atoms with Crippen molar-refractivity contribution in [3.63, 3.8) is 0 Å². The topological polar surface area (TPSA) is 75.5 Å². The van der Waals surface area contributed by atoms with Crippen molar-refractivity contribution in [2.75, 3.05) is 26.3 Å². The van der Waals surface area contributed by atoms with Crippen LogP contribution >= 0.6 is 11.6 Å². The number of nitrogens with zero attached hydrogens (tertiary/aromatic N) is 3. The lowest BCUT2D eigenvalue weighted by Gasteiger charge is -2.37. The first kappa shape index (κ1) is 19.7. The Morgan fingerprint density at radius 3 is 2.69 bits per heavy atom. The van der Waals surface area contributed by atoms with E-state index in [1.54, 1.807) is 11.0 Å². The van der Waals surface area contributed by atoms with E-state index >= 15 is 0 Å². The third kappa shape index (κ3) is 4.07. The highest BCUT2D eigenvalue weighted by atomic mass is 35.5. The summed E-state index contributed by atoms with van der Waals surface area (Å²) in [5.74, 6) is 0.194. The SMILES string of the molecule is N#CC1(c2ccccc2)CCN(C(=O)c2cnc(O[C@@H]3CCOC3)c(Cl)c2)CC1. The summed E-state index contributed by atoms with van der Waals surface area (Å²) < 4.78 is 11.0. The van der Waals surface area contributed by atoms with Crippen molar-refractivity contribution in [3.8, 4) is 11.9 Å². The molecule has 4 rings (SSSR count). The van der Waals surface area contributed by atoms with E-state index in [2.05, 4.69) is 11.1 Å². The van der Waals surface area contributed by atoms with Gasteiger partial charge in [0.15, 0.2) is 0 Å². The Morgan fingerprint density at radius 2 is 2.07 bits per heavy atom. The van der Waals surface area contributed by atoms with Gasteiger partial charge >= 0.3 is 0 Å². The summed E-state index contributed by atoms with van der Waals surface area (Å²) in [6.07, 6.45) is 3.45. The van der Waals surface area contributed by atoms with Gasteiger partial charge in [-0.05, 0) is 24.5 Å². The van der Waals surface area contributed by atoms with Crippen molar-refractivity contribution >= 4 is 17.5 Å². The van der Waals surface area contributed by atoms with E-state index in [-0.39, 0.29) is 12.0 Å². The summed E-state index contributed by atoms with van der Waals surface area (Å²) in [5, 5.41) is 10.1. The predicted octanol–water partition coefficient (Wildman–Crippen LogP) is 3.60. The molecule has 7 heteroatoms. The number of rotatable bonds is 4. The maximum absolute atomic E-state index is 12.9. The quantitative estimate of drug-likeness (QED) is 0.768. The summed E-state index contributed by atoms with van der Waals surface area (Å²) in [4.78, 5) is 18.9. The molecule has 2 aliphatic rings. The van der Waals surface area contributed by atoms with Crippen LogP contribution in [0.15, 0.2) is 42.6 Å². The van der Waals surface area contributed by atoms with E-state index < -0.39 is 5.41 Å². The number of pyridine rings is 1. The Bertz CT molecular complexity index is 915. The molecule has 1 aromatic heterocycles. The highest BCUT2D eigenvalue weighted by Gasteiger charge is 2.38. The number of nitriles is 1. The fourth-order valence-electron chi connectivity index (χ4n) is 3.89. The molecule has 2 fully saturated rings. The van der Waals surface area contributed by atoms with Crippen LogP contribution in [0.4, 0.5) is 0 Å². The molecule has 1 amide bonds. The number of carbonyl (C=O) groups is 1. The standard InChI is InChI=1S/C22H22ClN3O3/c23-19-12-16(13-25-20(19)29-18-6-11-28-14-18)21(27)26-9-7-22(15-24,8-10-26)17-4-2-1-3-5-17/h1-5,12-13,18H,6-11,14H2/t18-/m1/s1. The van der Waals surface area contributed by atoms with Gasteiger partial charge in [0.25, 0.3) is 5.91 Å². The molecule has 29 heavy (non-hydrogen) atoms. The lowest BCUT2D eigenvalue weighted by molar-refractivity contribution is 0.0691. The molecule has 150 valence electrons. The molecule has 1 aromatic carbocycles. The van der Waals surface area contributed by atoms with Crippen LogP contribution in [0.3, 0.4) is 0 Å². The zero-order valence-electron chi connectivity index (χ0n) is 16.0. The Morgan fingerprint density at radius 1 is 1.31 bits per heavy atom. The fourth-order valence-corrected chi connectivity index (χ4v) is 4.10. The summed E-state index contributed by atoms with van der Waals surface area (Å²) in [7, 11) is 0. The predicted molar refractivity (Wildman–Crippen MR) is 108 cm³/mol. The number of halogens is 1. The zero-order valence-corrected chi connectivity index (χ0v) is 16.8. The van der Waals surface area contributed by atoms with Crippen molar-refractivity contribution < 1.29 is 14.3 Å². The summed E-state index contributed by atoms with van der Waals surface area (Å²) in [5.41, 5.74) is 0.889. The number of hydrogen-bond acceptors (Lipinski definition) is 5. The van der Waals surface area contributed by atoms with Crippen LogP contribution in [-0.4, -0.2) is 48.2 Å². The Kier molecular flexibility index (Phi) is 5.70. The van der Waals surface area contributed by atoms with Gasteiger partial charge in [0.1, 0.15) is 11.1 Å². The molecule has 2 aliphatic heterocycles. The van der Waals surface area contributed by atoms with E-state index in [1.165, 1.54) is 6.20 Å². The number of benzene rings is 1. The van der Waals surface area contributed by atoms with E-state index in [4.69, 9.17) is 21.1 Å². The molecule has 2 saturated heterocycles. The molecule has 1 atom stereocenters. The number of hydrogen-bond donors (Lipinski definition) is 0. The van der Waals surface area contributed by atoms with Gasteiger partial charge in [0.2, 0.25) is 5.88 Å². The molecule has 6 nitrogen and oxygen atoms in total. The number of likely N-dealkylation sites (tertiary alicyclic amines) is 1. The van der Waals surface area contributed by atoms with Crippen LogP contribution in [0, 0.1) is 11.3 Å². The van der Waals surface area contributed by atoms with Crippen LogP contribution < -0.4 is 4.74 Å². The van der Waals surface area contributed by atoms with Gasteiger partial charge in [0, 0.05) is 25.7 Å². The van der Waals surface area contributed by atoms with E-state index in [0.29, 0.717) is 55.6 Å². The number of ether oxygens (including phenoxy) is 2. The highest BCUT2D eigenvalue weighted by molar-refractivity contribution is 6.32. The maximum atomic E-state index is 12.9. The maximum Gasteiger partial charge on any atom is 0.255 e. The largest absolute Gasteiger partial charge is 0.471 e. The second-order valence-electron chi connectivity index (χ2n) is 7.47. The second kappa shape index (κ2) is 8.40. The summed E-state index contributed by atoms with van der Waals surface area (Å²) in [6.45, 7) is 2.21. The van der Waals surface area contributed by atoms with Gasteiger partial charge in [-0.3, -0.25) is 4.79 Å². The molecule has 0 spiro atoms. The van der Waals surface area contributed by atoms with Crippen LogP contribution in [0.1, 0.15) is 35.2 Å². The lowest BCUT2D eigenvalue weighted by atomic mass is 9.74. The van der Waals surface area contributed by atoms with Crippen LogP contribution in [0.25, 0.3) is 0 Å². The molecule has 2 aromatic rings. The van der Waals surface area contributed by atoms with Gasteiger partial charge < -0.3 is 14.4 Å². The number of piperidine rings is 1. The van der Waals surface area contributed by atoms with Crippen molar-refractivity contribution in [1.29, 1.82) is 5.26 Å². The van der Waals surface area contributed by atoms with Gasteiger partial charge in [-0.25, -0.2) is 4.98 Å². The lowest BCUT2D eigenvalue weighted by Crippen LogP contribution is -2.44. The van der Waals surface area contributed by atoms with E-state index in [0.717, 1.165) is 12.0 Å². The fraction of sp³-hybridized carbons (Fsp3) is 0.409. The molecule has 0 saturated carbocycles. The molecule has 0 bridgehead atoms. The first-order valence-electron chi connectivity index (χ1n) is 9.77. The van der Waals surface area contributed by atoms with Crippen molar-refractivity contribution in [2.45, 2.75) is 30.8 Å². The van der Waals surface area contributed by atoms with E-state index in [1.807, 2.05) is 30.3 Å².